The van der Waals surface area contributed by atoms with E-state index in [1.807, 2.05) is 11.3 Å². The maximum atomic E-state index is 3.58. The molecular weight excluding hydrogens is 266 g/mol. The maximum Gasteiger partial charge on any atom is 0.0775 e. The van der Waals surface area contributed by atoms with Gasteiger partial charge in [-0.15, -0.1) is 11.3 Å². The van der Waals surface area contributed by atoms with E-state index < -0.39 is 8.07 Å². The molecule has 2 rings (SSSR count). The van der Waals surface area contributed by atoms with E-state index in [4.69, 9.17) is 0 Å². The highest BCUT2D eigenvalue weighted by molar-refractivity contribution is 7.10. The fourth-order valence-electron chi connectivity index (χ4n) is 2.03. The first-order valence-corrected chi connectivity index (χ1v) is 11.2. The van der Waals surface area contributed by atoms with Gasteiger partial charge in [-0.3, -0.25) is 0 Å². The van der Waals surface area contributed by atoms with Gasteiger partial charge in [0.25, 0.3) is 0 Å². The molecule has 0 aliphatic carbocycles. The second kappa shape index (κ2) is 6.03. The molecule has 0 radical (unpaired) electrons. The second-order valence-corrected chi connectivity index (χ2v) is 12.1. The first-order chi connectivity index (χ1) is 8.97. The van der Waals surface area contributed by atoms with E-state index in [-0.39, 0.29) is 0 Å². The van der Waals surface area contributed by atoms with Crippen LogP contribution >= 0.6 is 11.3 Å². The summed E-state index contributed by atoms with van der Waals surface area (Å²) in [4.78, 5) is 1.40. The Bertz CT molecular complexity index is 497. The quantitative estimate of drug-likeness (QED) is 0.816. The standard InChI is InChI=1S/C16H23NSSi/c1-13(16-6-5-11-18-16)17-12-14-7-9-15(10-8-14)19(2,3)4/h5-11,13,17H,12H2,1-4H3/t13-/m1/s1. The highest BCUT2D eigenvalue weighted by Gasteiger charge is 2.15. The molecule has 1 aromatic heterocycles. The van der Waals surface area contributed by atoms with Crippen molar-refractivity contribution in [2.75, 3.05) is 0 Å². The summed E-state index contributed by atoms with van der Waals surface area (Å²) in [7, 11) is -1.16. The number of benzene rings is 1. The van der Waals surface area contributed by atoms with E-state index in [0.29, 0.717) is 6.04 Å². The molecule has 2 aromatic rings. The van der Waals surface area contributed by atoms with Crippen LogP contribution in [-0.4, -0.2) is 8.07 Å². The smallest absolute Gasteiger partial charge is 0.0775 e. The number of hydrogen-bond acceptors (Lipinski definition) is 2. The van der Waals surface area contributed by atoms with Gasteiger partial charge >= 0.3 is 0 Å². The largest absolute Gasteiger partial charge is 0.305 e. The van der Waals surface area contributed by atoms with Crippen LogP contribution in [0.5, 0.6) is 0 Å². The van der Waals surface area contributed by atoms with Crippen LogP contribution in [-0.2, 0) is 6.54 Å². The molecule has 3 heteroatoms. The molecule has 0 spiro atoms. The average molecular weight is 290 g/mol. The fourth-order valence-corrected chi connectivity index (χ4v) is 3.96. The molecule has 0 aliphatic rings. The van der Waals surface area contributed by atoms with Crippen LogP contribution in [0.2, 0.25) is 19.6 Å². The van der Waals surface area contributed by atoms with Crippen LogP contribution < -0.4 is 10.5 Å². The highest BCUT2D eigenvalue weighted by Crippen LogP contribution is 2.18. The van der Waals surface area contributed by atoms with Gasteiger partial charge in [0.15, 0.2) is 0 Å². The normalized spacial score (nSPS) is 13.5. The lowest BCUT2D eigenvalue weighted by molar-refractivity contribution is 0.583. The summed E-state index contributed by atoms with van der Waals surface area (Å²) in [6.45, 7) is 10.3. The Hall–Kier alpha value is -0.903. The molecule has 0 unspecified atom stereocenters. The molecule has 0 amide bonds. The van der Waals surface area contributed by atoms with Crippen LogP contribution in [0.3, 0.4) is 0 Å². The van der Waals surface area contributed by atoms with Crippen LogP contribution in [0.15, 0.2) is 41.8 Å². The lowest BCUT2D eigenvalue weighted by atomic mass is 10.2. The van der Waals surface area contributed by atoms with Crippen LogP contribution in [0, 0.1) is 0 Å². The van der Waals surface area contributed by atoms with Gasteiger partial charge in [-0.05, 0) is 23.9 Å². The van der Waals surface area contributed by atoms with Crippen molar-refractivity contribution in [3.05, 3.63) is 52.2 Å². The van der Waals surface area contributed by atoms with Crippen LogP contribution in [0.4, 0.5) is 0 Å². The zero-order valence-electron chi connectivity index (χ0n) is 12.2. The first-order valence-electron chi connectivity index (χ1n) is 6.83. The summed E-state index contributed by atoms with van der Waals surface area (Å²) in [6.07, 6.45) is 0. The van der Waals surface area contributed by atoms with Gasteiger partial charge in [0.2, 0.25) is 0 Å². The van der Waals surface area contributed by atoms with Crippen molar-refractivity contribution >= 4 is 24.6 Å². The number of rotatable bonds is 5. The molecule has 0 fully saturated rings. The van der Waals surface area contributed by atoms with E-state index >= 15 is 0 Å². The van der Waals surface area contributed by atoms with Gasteiger partial charge in [-0.2, -0.15) is 0 Å². The van der Waals surface area contributed by atoms with Gasteiger partial charge in [0.1, 0.15) is 0 Å². The zero-order chi connectivity index (χ0) is 13.9. The average Bonchev–Trinajstić information content (AvgIpc) is 2.89. The Morgan fingerprint density at radius 2 is 1.79 bits per heavy atom. The summed E-state index contributed by atoms with van der Waals surface area (Å²) in [5.41, 5.74) is 1.37. The predicted molar refractivity (Wildman–Crippen MR) is 89.0 cm³/mol. The van der Waals surface area contributed by atoms with Gasteiger partial charge in [0.05, 0.1) is 8.07 Å². The van der Waals surface area contributed by atoms with Crippen molar-refractivity contribution in [3.63, 3.8) is 0 Å². The Kier molecular flexibility index (Phi) is 4.61. The van der Waals surface area contributed by atoms with Gasteiger partial charge in [-0.25, -0.2) is 0 Å². The van der Waals surface area contributed by atoms with Crippen molar-refractivity contribution in [3.8, 4) is 0 Å². The van der Waals surface area contributed by atoms with Crippen molar-refractivity contribution in [1.82, 2.24) is 5.32 Å². The molecule has 1 atom stereocenters. The Morgan fingerprint density at radius 3 is 2.32 bits per heavy atom. The van der Waals surface area contributed by atoms with Crippen molar-refractivity contribution in [1.29, 1.82) is 0 Å². The Balaban J connectivity index is 1.93. The molecule has 0 bridgehead atoms. The molecule has 0 saturated heterocycles. The minimum atomic E-state index is -1.16. The fraction of sp³-hybridized carbons (Fsp3) is 0.375. The molecule has 19 heavy (non-hydrogen) atoms. The van der Waals surface area contributed by atoms with Gasteiger partial charge < -0.3 is 5.32 Å². The first kappa shape index (κ1) is 14.5. The lowest BCUT2D eigenvalue weighted by Crippen LogP contribution is -2.37. The van der Waals surface area contributed by atoms with Crippen LogP contribution in [0.25, 0.3) is 0 Å². The second-order valence-electron chi connectivity index (χ2n) is 6.06. The van der Waals surface area contributed by atoms with Gasteiger partial charge in [-0.1, -0.05) is 55.2 Å². The van der Waals surface area contributed by atoms with E-state index in [1.165, 1.54) is 15.6 Å². The molecule has 1 aromatic carbocycles. The van der Waals surface area contributed by atoms with Crippen molar-refractivity contribution < 1.29 is 0 Å². The van der Waals surface area contributed by atoms with Crippen molar-refractivity contribution in [2.45, 2.75) is 39.2 Å². The van der Waals surface area contributed by atoms with Gasteiger partial charge in [0, 0.05) is 17.5 Å². The van der Waals surface area contributed by atoms with E-state index in [2.05, 4.69) is 73.7 Å². The number of thiophene rings is 1. The summed E-state index contributed by atoms with van der Waals surface area (Å²) >= 11 is 1.82. The zero-order valence-corrected chi connectivity index (χ0v) is 14.1. The summed E-state index contributed by atoms with van der Waals surface area (Å²) < 4.78 is 0. The highest BCUT2D eigenvalue weighted by atomic mass is 32.1. The molecular formula is C16H23NSSi. The Labute approximate surface area is 121 Å². The summed E-state index contributed by atoms with van der Waals surface area (Å²) in [5, 5.41) is 7.25. The van der Waals surface area contributed by atoms with E-state index in [1.54, 1.807) is 0 Å². The van der Waals surface area contributed by atoms with E-state index in [0.717, 1.165) is 6.54 Å². The monoisotopic (exact) mass is 289 g/mol. The minimum absolute atomic E-state index is 0.427. The molecule has 1 heterocycles. The molecule has 1 N–H and O–H groups in total. The summed E-state index contributed by atoms with van der Waals surface area (Å²) in [6, 6.07) is 13.9. The SMILES string of the molecule is C[C@@H](NCc1ccc([Si](C)(C)C)cc1)c1cccs1. The number of nitrogens with one attached hydrogen (secondary N) is 1. The lowest BCUT2D eigenvalue weighted by Gasteiger charge is -2.17. The topological polar surface area (TPSA) is 12.0 Å². The summed E-state index contributed by atoms with van der Waals surface area (Å²) in [5.74, 6) is 0. The molecule has 0 saturated carbocycles. The van der Waals surface area contributed by atoms with E-state index in [9.17, 15) is 0 Å². The molecule has 0 aliphatic heterocycles. The van der Waals surface area contributed by atoms with Crippen molar-refractivity contribution in [2.24, 2.45) is 0 Å². The third-order valence-corrected chi connectivity index (χ3v) is 6.52. The molecule has 102 valence electrons. The predicted octanol–water partition coefficient (Wildman–Crippen LogP) is 4.14. The molecule has 1 nitrogen and oxygen atoms in total. The number of hydrogen-bond donors (Lipinski definition) is 1. The third-order valence-electron chi connectivity index (χ3n) is 3.40. The Morgan fingerprint density at radius 1 is 1.11 bits per heavy atom. The maximum absolute atomic E-state index is 3.58. The third kappa shape index (κ3) is 4.03. The minimum Gasteiger partial charge on any atom is -0.305 e. The van der Waals surface area contributed by atoms with Crippen LogP contribution in [0.1, 0.15) is 23.4 Å².